The molecule has 0 saturated heterocycles. The summed E-state index contributed by atoms with van der Waals surface area (Å²) in [6, 6.07) is 9.34. The number of halogens is 2. The number of anilines is 1. The lowest BCUT2D eigenvalue weighted by Crippen LogP contribution is -2.11. The molecule has 110 valence electrons. The van der Waals surface area contributed by atoms with E-state index in [1.54, 1.807) is 24.3 Å². The minimum absolute atomic E-state index is 0.00282. The molecule has 0 unspecified atom stereocenters. The van der Waals surface area contributed by atoms with Crippen LogP contribution in [0.15, 0.2) is 40.9 Å². The molecule has 0 aromatic heterocycles. The molecular weight excluding hydrogens is 341 g/mol. The first-order valence-corrected chi connectivity index (χ1v) is 6.85. The maximum absolute atomic E-state index is 13.6. The fraction of sp³-hybridized carbons (Fsp3) is 0.133. The van der Waals surface area contributed by atoms with E-state index in [1.165, 1.54) is 19.2 Å². The van der Waals surface area contributed by atoms with Crippen LogP contribution < -0.4 is 10.5 Å². The number of carbonyl (C=O) groups is 1. The molecule has 0 saturated carbocycles. The molecule has 0 aliphatic heterocycles. The van der Waals surface area contributed by atoms with Gasteiger partial charge in [0, 0.05) is 15.7 Å². The number of benzene rings is 2. The van der Waals surface area contributed by atoms with Gasteiger partial charge < -0.3 is 15.2 Å². The average molecular weight is 354 g/mol. The summed E-state index contributed by atoms with van der Waals surface area (Å²) in [5.41, 5.74) is 6.83. The highest BCUT2D eigenvalue weighted by Gasteiger charge is 2.16. The number of esters is 1. The molecule has 2 rings (SSSR count). The van der Waals surface area contributed by atoms with Crippen molar-refractivity contribution in [2.24, 2.45) is 0 Å². The number of hydrogen-bond acceptors (Lipinski definition) is 4. The number of methoxy groups -OCH3 is 1. The molecule has 0 radical (unpaired) electrons. The standard InChI is InChI=1S/C15H13BrFNO3/c1-20-15(19)14-9(3-2-4-12(14)18)8-21-13-7-10(16)5-6-11(13)17/h2-7H,8,18H2,1H3. The summed E-state index contributed by atoms with van der Waals surface area (Å²) in [4.78, 5) is 11.7. The van der Waals surface area contributed by atoms with Gasteiger partial charge in [-0.05, 0) is 24.3 Å². The van der Waals surface area contributed by atoms with E-state index >= 15 is 0 Å². The number of hydrogen-bond donors (Lipinski definition) is 1. The Balaban J connectivity index is 2.26. The number of ether oxygens (including phenoxy) is 2. The minimum Gasteiger partial charge on any atom is -0.486 e. The Hall–Kier alpha value is -2.08. The van der Waals surface area contributed by atoms with Crippen molar-refractivity contribution in [3.8, 4) is 5.75 Å². The monoisotopic (exact) mass is 353 g/mol. The Bertz CT molecular complexity index is 676. The molecule has 0 fully saturated rings. The van der Waals surface area contributed by atoms with E-state index in [2.05, 4.69) is 15.9 Å². The van der Waals surface area contributed by atoms with Crippen molar-refractivity contribution < 1.29 is 18.7 Å². The van der Waals surface area contributed by atoms with E-state index < -0.39 is 11.8 Å². The molecule has 0 bridgehead atoms. The third kappa shape index (κ3) is 3.52. The maximum Gasteiger partial charge on any atom is 0.340 e. The van der Waals surface area contributed by atoms with Crippen LogP contribution in [0, 0.1) is 5.82 Å². The highest BCUT2D eigenvalue weighted by Crippen LogP contribution is 2.25. The zero-order valence-corrected chi connectivity index (χ0v) is 12.8. The normalized spacial score (nSPS) is 10.2. The Kier molecular flexibility index (Phi) is 4.80. The van der Waals surface area contributed by atoms with E-state index in [1.807, 2.05) is 0 Å². The Morgan fingerprint density at radius 1 is 1.33 bits per heavy atom. The third-order valence-electron chi connectivity index (χ3n) is 2.85. The molecule has 2 aromatic carbocycles. The van der Waals surface area contributed by atoms with Crippen molar-refractivity contribution in [2.75, 3.05) is 12.8 Å². The third-order valence-corrected chi connectivity index (χ3v) is 3.34. The molecular formula is C15H13BrFNO3. The lowest BCUT2D eigenvalue weighted by atomic mass is 10.1. The Morgan fingerprint density at radius 3 is 2.81 bits per heavy atom. The summed E-state index contributed by atoms with van der Waals surface area (Å²) in [5, 5.41) is 0. The molecule has 0 aliphatic rings. The molecule has 2 N–H and O–H groups in total. The van der Waals surface area contributed by atoms with E-state index in [0.29, 0.717) is 10.0 Å². The van der Waals surface area contributed by atoms with E-state index in [-0.39, 0.29) is 23.6 Å². The molecule has 0 aliphatic carbocycles. The lowest BCUT2D eigenvalue weighted by Gasteiger charge is -2.12. The van der Waals surface area contributed by atoms with Gasteiger partial charge in [0.25, 0.3) is 0 Å². The predicted molar refractivity (Wildman–Crippen MR) is 80.6 cm³/mol. The van der Waals surface area contributed by atoms with Gasteiger partial charge in [-0.1, -0.05) is 28.1 Å². The van der Waals surface area contributed by atoms with Crippen LogP contribution in [0.3, 0.4) is 0 Å². The van der Waals surface area contributed by atoms with Crippen molar-refractivity contribution in [2.45, 2.75) is 6.61 Å². The first kappa shape index (κ1) is 15.3. The second-order valence-electron chi connectivity index (χ2n) is 4.24. The van der Waals surface area contributed by atoms with Gasteiger partial charge in [-0.15, -0.1) is 0 Å². The molecule has 0 spiro atoms. The summed E-state index contributed by atoms with van der Waals surface area (Å²) >= 11 is 3.24. The average Bonchev–Trinajstić information content (AvgIpc) is 2.47. The molecule has 0 amide bonds. The van der Waals surface area contributed by atoms with Crippen molar-refractivity contribution in [1.82, 2.24) is 0 Å². The van der Waals surface area contributed by atoms with Gasteiger partial charge in [0.15, 0.2) is 11.6 Å². The van der Waals surface area contributed by atoms with Crippen LogP contribution in [0.1, 0.15) is 15.9 Å². The molecule has 0 atom stereocenters. The number of rotatable bonds is 4. The smallest absolute Gasteiger partial charge is 0.340 e. The van der Waals surface area contributed by atoms with Crippen molar-refractivity contribution >= 4 is 27.6 Å². The second kappa shape index (κ2) is 6.58. The van der Waals surface area contributed by atoms with Crippen LogP contribution in [0.4, 0.5) is 10.1 Å². The number of nitrogen functional groups attached to an aromatic ring is 1. The fourth-order valence-corrected chi connectivity index (χ4v) is 2.17. The fourth-order valence-electron chi connectivity index (χ4n) is 1.83. The van der Waals surface area contributed by atoms with Crippen LogP contribution in [-0.4, -0.2) is 13.1 Å². The summed E-state index contributed by atoms with van der Waals surface area (Å²) < 4.78 is 24.4. The first-order chi connectivity index (χ1) is 10.0. The molecule has 0 heterocycles. The quantitative estimate of drug-likeness (QED) is 0.674. The van der Waals surface area contributed by atoms with E-state index in [4.69, 9.17) is 15.2 Å². The lowest BCUT2D eigenvalue weighted by molar-refractivity contribution is 0.0599. The minimum atomic E-state index is -0.554. The summed E-state index contributed by atoms with van der Waals surface area (Å²) in [6.45, 7) is 0.00282. The molecule has 21 heavy (non-hydrogen) atoms. The van der Waals surface area contributed by atoms with Crippen LogP contribution in [-0.2, 0) is 11.3 Å². The van der Waals surface area contributed by atoms with Gasteiger partial charge in [0.2, 0.25) is 0 Å². The van der Waals surface area contributed by atoms with Gasteiger partial charge in [0.05, 0.1) is 12.7 Å². The maximum atomic E-state index is 13.6. The van der Waals surface area contributed by atoms with E-state index in [9.17, 15) is 9.18 Å². The first-order valence-electron chi connectivity index (χ1n) is 6.06. The van der Waals surface area contributed by atoms with Crippen LogP contribution in [0.2, 0.25) is 0 Å². The predicted octanol–water partition coefficient (Wildman–Crippen LogP) is 3.54. The van der Waals surface area contributed by atoms with Gasteiger partial charge in [0.1, 0.15) is 6.61 Å². The molecule has 2 aromatic rings. The highest BCUT2D eigenvalue weighted by molar-refractivity contribution is 9.10. The summed E-state index contributed by atoms with van der Waals surface area (Å²) in [6.07, 6.45) is 0. The van der Waals surface area contributed by atoms with Gasteiger partial charge in [-0.2, -0.15) is 0 Å². The molecule has 6 heteroatoms. The number of carbonyl (C=O) groups excluding carboxylic acids is 1. The highest BCUT2D eigenvalue weighted by atomic mass is 79.9. The van der Waals surface area contributed by atoms with Gasteiger partial charge in [-0.25, -0.2) is 9.18 Å². The van der Waals surface area contributed by atoms with Crippen LogP contribution in [0.25, 0.3) is 0 Å². The Labute approximate surface area is 129 Å². The zero-order chi connectivity index (χ0) is 15.4. The number of nitrogens with two attached hydrogens (primary N) is 1. The summed E-state index contributed by atoms with van der Waals surface area (Å²) in [5.74, 6) is -0.953. The van der Waals surface area contributed by atoms with Crippen LogP contribution in [0.5, 0.6) is 5.75 Å². The van der Waals surface area contributed by atoms with Gasteiger partial charge >= 0.3 is 5.97 Å². The van der Waals surface area contributed by atoms with Crippen molar-refractivity contribution in [3.63, 3.8) is 0 Å². The SMILES string of the molecule is COC(=O)c1c(N)cccc1COc1cc(Br)ccc1F. The topological polar surface area (TPSA) is 61.5 Å². The van der Waals surface area contributed by atoms with Crippen molar-refractivity contribution in [1.29, 1.82) is 0 Å². The van der Waals surface area contributed by atoms with Crippen LogP contribution >= 0.6 is 15.9 Å². The zero-order valence-electron chi connectivity index (χ0n) is 11.2. The Morgan fingerprint density at radius 2 is 2.10 bits per heavy atom. The van der Waals surface area contributed by atoms with Gasteiger partial charge in [-0.3, -0.25) is 0 Å². The second-order valence-corrected chi connectivity index (χ2v) is 5.15. The molecule has 4 nitrogen and oxygen atoms in total. The van der Waals surface area contributed by atoms with E-state index in [0.717, 1.165) is 0 Å². The van der Waals surface area contributed by atoms with Crippen molar-refractivity contribution in [3.05, 3.63) is 57.8 Å². The summed E-state index contributed by atoms with van der Waals surface area (Å²) in [7, 11) is 1.27. The largest absolute Gasteiger partial charge is 0.486 e.